The minimum absolute atomic E-state index is 0.0743. The second kappa shape index (κ2) is 7.18. The molecule has 0 aliphatic carbocycles. The smallest absolute Gasteiger partial charge is 0.251 e. The zero-order valence-corrected chi connectivity index (χ0v) is 15.3. The van der Waals surface area contributed by atoms with E-state index in [1.807, 2.05) is 51.1 Å². The van der Waals surface area contributed by atoms with Gasteiger partial charge in [0.25, 0.3) is 5.91 Å². The molecule has 0 aromatic heterocycles. The first-order valence-electron chi connectivity index (χ1n) is 8.78. The van der Waals surface area contributed by atoms with Gasteiger partial charge in [0, 0.05) is 29.7 Å². The normalized spacial score (nSPS) is 15.4. The summed E-state index contributed by atoms with van der Waals surface area (Å²) in [6, 6.07) is 9.88. The molecule has 1 heterocycles. The van der Waals surface area contributed by atoms with Crippen molar-refractivity contribution in [2.75, 3.05) is 6.61 Å². The second-order valence-electron chi connectivity index (χ2n) is 6.63. The van der Waals surface area contributed by atoms with Crippen LogP contribution in [0.4, 0.5) is 0 Å². The molecule has 0 saturated carbocycles. The lowest BCUT2D eigenvalue weighted by molar-refractivity contribution is 0.0950. The summed E-state index contributed by atoms with van der Waals surface area (Å²) in [7, 11) is 0. The van der Waals surface area contributed by atoms with Crippen LogP contribution in [0.25, 0.3) is 0 Å². The molecule has 4 heteroatoms. The Morgan fingerprint density at radius 1 is 1.28 bits per heavy atom. The van der Waals surface area contributed by atoms with Crippen molar-refractivity contribution < 1.29 is 14.3 Å². The first-order valence-corrected chi connectivity index (χ1v) is 8.78. The van der Waals surface area contributed by atoms with Crippen LogP contribution in [-0.2, 0) is 13.0 Å². The number of rotatable bonds is 5. The van der Waals surface area contributed by atoms with Crippen LogP contribution in [0.2, 0.25) is 0 Å². The van der Waals surface area contributed by atoms with Crippen molar-refractivity contribution in [1.82, 2.24) is 5.32 Å². The van der Waals surface area contributed by atoms with E-state index < -0.39 is 0 Å². The fourth-order valence-corrected chi connectivity index (χ4v) is 3.25. The highest BCUT2D eigenvalue weighted by Crippen LogP contribution is 2.35. The van der Waals surface area contributed by atoms with Crippen LogP contribution < -0.4 is 14.8 Å². The maximum atomic E-state index is 12.5. The predicted octanol–water partition coefficient (Wildman–Crippen LogP) is 3.96. The summed E-state index contributed by atoms with van der Waals surface area (Å²) >= 11 is 0. The molecule has 1 amide bonds. The Kier molecular flexibility index (Phi) is 4.98. The monoisotopic (exact) mass is 339 g/mol. The molecule has 0 saturated heterocycles. The minimum Gasteiger partial charge on any atom is -0.494 e. The van der Waals surface area contributed by atoms with Gasteiger partial charge in [0.15, 0.2) is 0 Å². The van der Waals surface area contributed by atoms with Gasteiger partial charge in [-0.15, -0.1) is 0 Å². The Balaban J connectivity index is 1.78. The molecule has 25 heavy (non-hydrogen) atoms. The van der Waals surface area contributed by atoms with E-state index in [-0.39, 0.29) is 12.0 Å². The zero-order valence-electron chi connectivity index (χ0n) is 15.3. The number of ether oxygens (including phenoxy) is 2. The molecule has 0 spiro atoms. The van der Waals surface area contributed by atoms with E-state index in [0.717, 1.165) is 34.6 Å². The average Bonchev–Trinajstić information content (AvgIpc) is 2.91. The van der Waals surface area contributed by atoms with Gasteiger partial charge >= 0.3 is 0 Å². The SMILES string of the molecule is CCOc1cc2c(cc1CNC(=O)c1ccc(C)cc1C)OC(C)C2. The molecular weight excluding hydrogens is 314 g/mol. The molecule has 0 fully saturated rings. The third kappa shape index (κ3) is 3.78. The zero-order chi connectivity index (χ0) is 18.0. The van der Waals surface area contributed by atoms with Crippen molar-refractivity contribution in [2.24, 2.45) is 0 Å². The van der Waals surface area contributed by atoms with E-state index in [4.69, 9.17) is 9.47 Å². The van der Waals surface area contributed by atoms with Crippen LogP contribution in [0, 0.1) is 13.8 Å². The Hall–Kier alpha value is -2.49. The van der Waals surface area contributed by atoms with Crippen molar-refractivity contribution in [3.05, 3.63) is 58.1 Å². The number of hydrogen-bond donors (Lipinski definition) is 1. The topological polar surface area (TPSA) is 47.6 Å². The molecule has 2 aromatic carbocycles. The summed E-state index contributed by atoms with van der Waals surface area (Å²) in [5.41, 5.74) is 4.94. The highest BCUT2D eigenvalue weighted by atomic mass is 16.5. The largest absolute Gasteiger partial charge is 0.494 e. The molecule has 0 bridgehead atoms. The standard InChI is InChI=1S/C21H25NO3/c1-5-24-19-10-16-9-15(4)25-20(16)11-17(19)12-22-21(23)18-7-6-13(2)8-14(18)3/h6-8,10-11,15H,5,9,12H2,1-4H3,(H,22,23). The molecule has 132 valence electrons. The highest BCUT2D eigenvalue weighted by Gasteiger charge is 2.22. The van der Waals surface area contributed by atoms with E-state index in [2.05, 4.69) is 12.2 Å². The van der Waals surface area contributed by atoms with E-state index in [1.54, 1.807) is 0 Å². The van der Waals surface area contributed by atoms with E-state index >= 15 is 0 Å². The first-order chi connectivity index (χ1) is 12.0. The maximum absolute atomic E-state index is 12.5. The molecule has 0 radical (unpaired) electrons. The van der Waals surface area contributed by atoms with Gasteiger partial charge < -0.3 is 14.8 Å². The molecule has 1 aliphatic heterocycles. The van der Waals surface area contributed by atoms with Crippen LogP contribution in [0.1, 0.15) is 46.5 Å². The second-order valence-corrected chi connectivity index (χ2v) is 6.63. The van der Waals surface area contributed by atoms with Crippen LogP contribution >= 0.6 is 0 Å². The molecule has 4 nitrogen and oxygen atoms in total. The summed E-state index contributed by atoms with van der Waals surface area (Å²) in [5, 5.41) is 3.00. The number of hydrogen-bond acceptors (Lipinski definition) is 3. The van der Waals surface area contributed by atoms with E-state index in [1.165, 1.54) is 5.56 Å². The van der Waals surface area contributed by atoms with Crippen LogP contribution in [0.5, 0.6) is 11.5 Å². The predicted molar refractivity (Wildman–Crippen MR) is 98.5 cm³/mol. The van der Waals surface area contributed by atoms with Crippen molar-refractivity contribution in [1.29, 1.82) is 0 Å². The van der Waals surface area contributed by atoms with E-state index in [9.17, 15) is 4.79 Å². The molecule has 1 unspecified atom stereocenters. The first kappa shape index (κ1) is 17.3. The van der Waals surface area contributed by atoms with Crippen molar-refractivity contribution in [3.63, 3.8) is 0 Å². The quantitative estimate of drug-likeness (QED) is 0.897. The highest BCUT2D eigenvalue weighted by molar-refractivity contribution is 5.95. The molecule has 1 N–H and O–H groups in total. The molecule has 3 rings (SSSR count). The molecular formula is C21H25NO3. The van der Waals surface area contributed by atoms with Gasteiger partial charge in [-0.2, -0.15) is 0 Å². The number of benzene rings is 2. The fraction of sp³-hybridized carbons (Fsp3) is 0.381. The van der Waals surface area contributed by atoms with Gasteiger partial charge in [-0.3, -0.25) is 4.79 Å². The fourth-order valence-electron chi connectivity index (χ4n) is 3.25. The maximum Gasteiger partial charge on any atom is 0.251 e. The lowest BCUT2D eigenvalue weighted by Crippen LogP contribution is -2.24. The number of nitrogens with one attached hydrogen (secondary N) is 1. The van der Waals surface area contributed by atoms with Gasteiger partial charge in [0.2, 0.25) is 0 Å². The van der Waals surface area contributed by atoms with Gasteiger partial charge in [-0.1, -0.05) is 17.7 Å². The average molecular weight is 339 g/mol. The van der Waals surface area contributed by atoms with Crippen molar-refractivity contribution in [2.45, 2.75) is 46.8 Å². The number of fused-ring (bicyclic) bond motifs is 1. The Bertz CT molecular complexity index is 798. The summed E-state index contributed by atoms with van der Waals surface area (Å²) in [6.07, 6.45) is 1.08. The van der Waals surface area contributed by atoms with Crippen LogP contribution in [0.3, 0.4) is 0 Å². The van der Waals surface area contributed by atoms with Crippen molar-refractivity contribution in [3.8, 4) is 11.5 Å². The number of aryl methyl sites for hydroxylation is 2. The van der Waals surface area contributed by atoms with Crippen LogP contribution in [-0.4, -0.2) is 18.6 Å². The Labute approximate surface area is 149 Å². The molecule has 1 atom stereocenters. The lowest BCUT2D eigenvalue weighted by Gasteiger charge is -2.14. The van der Waals surface area contributed by atoms with Gasteiger partial charge in [-0.05, 0) is 51.5 Å². The number of carbonyl (C=O) groups is 1. The van der Waals surface area contributed by atoms with Crippen molar-refractivity contribution >= 4 is 5.91 Å². The Morgan fingerprint density at radius 2 is 2.08 bits per heavy atom. The summed E-state index contributed by atoms with van der Waals surface area (Å²) in [6.45, 7) is 9.00. The Morgan fingerprint density at radius 3 is 2.80 bits per heavy atom. The minimum atomic E-state index is -0.0743. The number of amides is 1. The molecule has 2 aromatic rings. The third-order valence-corrected chi connectivity index (χ3v) is 4.44. The van der Waals surface area contributed by atoms with Gasteiger partial charge in [0.05, 0.1) is 6.61 Å². The summed E-state index contributed by atoms with van der Waals surface area (Å²) < 4.78 is 11.6. The van der Waals surface area contributed by atoms with Crippen LogP contribution in [0.15, 0.2) is 30.3 Å². The van der Waals surface area contributed by atoms with E-state index in [0.29, 0.717) is 18.7 Å². The molecule has 1 aliphatic rings. The van der Waals surface area contributed by atoms with Gasteiger partial charge in [-0.25, -0.2) is 0 Å². The summed E-state index contributed by atoms with van der Waals surface area (Å²) in [5.74, 6) is 1.64. The lowest BCUT2D eigenvalue weighted by atomic mass is 10.0. The third-order valence-electron chi connectivity index (χ3n) is 4.44. The summed E-state index contributed by atoms with van der Waals surface area (Å²) in [4.78, 5) is 12.5. The van der Waals surface area contributed by atoms with Gasteiger partial charge in [0.1, 0.15) is 17.6 Å². The number of carbonyl (C=O) groups excluding carboxylic acids is 1.